The fourth-order valence-corrected chi connectivity index (χ4v) is 6.83. The molecule has 2 aliphatic rings. The van der Waals surface area contributed by atoms with Gasteiger partial charge in [-0.25, -0.2) is 14.2 Å². The Balaban J connectivity index is 1.20. The molecule has 1 N–H and O–H groups in total. The van der Waals surface area contributed by atoms with Crippen molar-refractivity contribution in [2.24, 2.45) is 11.2 Å². The molecule has 0 spiro atoms. The zero-order valence-corrected chi connectivity index (χ0v) is 25.0. The topological polar surface area (TPSA) is 69.9 Å². The summed E-state index contributed by atoms with van der Waals surface area (Å²) in [6.07, 6.45) is 3.78. The second-order valence-electron chi connectivity index (χ2n) is 13.0. The van der Waals surface area contributed by atoms with Crippen LogP contribution in [0.5, 0.6) is 0 Å². The quantitative estimate of drug-likeness (QED) is 0.229. The van der Waals surface area contributed by atoms with Gasteiger partial charge in [0.15, 0.2) is 0 Å². The highest BCUT2D eigenvalue weighted by atomic mass is 19.1. The third-order valence-corrected chi connectivity index (χ3v) is 9.11. The van der Waals surface area contributed by atoms with Gasteiger partial charge in [0.2, 0.25) is 0 Å². The normalized spacial score (nSPS) is 18.8. The third kappa shape index (κ3) is 7.24. The Morgan fingerprint density at radius 2 is 1.69 bits per heavy atom. The van der Waals surface area contributed by atoms with Crippen LogP contribution in [0.3, 0.4) is 0 Å². The lowest BCUT2D eigenvalue weighted by molar-refractivity contribution is 0.00157. The predicted molar refractivity (Wildman–Crippen MR) is 163 cm³/mol. The molecule has 226 valence electrons. The number of piperidine rings is 2. The summed E-state index contributed by atoms with van der Waals surface area (Å²) in [6, 6.07) is 15.8. The first-order valence-corrected chi connectivity index (χ1v) is 15.1. The van der Waals surface area contributed by atoms with Gasteiger partial charge in [-0.1, -0.05) is 30.3 Å². The van der Waals surface area contributed by atoms with Crippen LogP contribution in [0.15, 0.2) is 53.8 Å². The van der Waals surface area contributed by atoms with Gasteiger partial charge in [-0.2, -0.15) is 0 Å². The second-order valence-corrected chi connectivity index (χ2v) is 13.0. The van der Waals surface area contributed by atoms with E-state index < -0.39 is 17.2 Å². The summed E-state index contributed by atoms with van der Waals surface area (Å²) in [6.45, 7) is 10.2. The number of rotatable bonds is 10. The number of halogens is 2. The van der Waals surface area contributed by atoms with E-state index in [1.165, 1.54) is 22.2 Å². The summed E-state index contributed by atoms with van der Waals surface area (Å²) in [5.74, 6) is 0.0113. The number of alkyl halides is 2. The molecule has 2 aromatic carbocycles. The zero-order valence-electron chi connectivity index (χ0n) is 25.0. The molecule has 2 saturated heterocycles. The Morgan fingerprint density at radius 1 is 1.02 bits per heavy atom. The first kappa shape index (κ1) is 30.3. The molecule has 0 saturated carbocycles. The zero-order chi connectivity index (χ0) is 29.9. The van der Waals surface area contributed by atoms with Gasteiger partial charge in [0.1, 0.15) is 11.3 Å². The maximum Gasteiger partial charge on any atom is 0.273 e. The van der Waals surface area contributed by atoms with Gasteiger partial charge in [-0.15, -0.1) is 4.91 Å². The molecule has 9 heteroatoms. The SMILES string of the molecule is Cc1c(Cc2ccc(C(=O)NN=O)cc2)c2ccccc2n1CC1CCN(CC2(F)CCN(CC(C)(C)F)CC2)CC1. The predicted octanol–water partition coefficient (Wildman–Crippen LogP) is 6.22. The van der Waals surface area contributed by atoms with E-state index in [9.17, 15) is 14.1 Å². The van der Waals surface area contributed by atoms with Gasteiger partial charge < -0.3 is 9.47 Å². The largest absolute Gasteiger partial charge is 0.344 e. The number of hydrogen-bond donors (Lipinski definition) is 1. The summed E-state index contributed by atoms with van der Waals surface area (Å²) in [5.41, 5.74) is 4.74. The summed E-state index contributed by atoms with van der Waals surface area (Å²) in [4.78, 5) is 26.6. The molecule has 0 bridgehead atoms. The van der Waals surface area contributed by atoms with Crippen molar-refractivity contribution in [2.75, 3.05) is 39.3 Å². The molecule has 5 rings (SSSR count). The fraction of sp³-hybridized carbons (Fsp3) is 0.545. The van der Waals surface area contributed by atoms with Crippen LogP contribution in [0, 0.1) is 17.7 Å². The number of amides is 1. The summed E-state index contributed by atoms with van der Waals surface area (Å²) >= 11 is 0. The van der Waals surface area contributed by atoms with Crippen molar-refractivity contribution in [2.45, 2.75) is 70.8 Å². The molecular weight excluding hydrogens is 536 g/mol. The average Bonchev–Trinajstić information content (AvgIpc) is 3.21. The maximum absolute atomic E-state index is 15.7. The van der Waals surface area contributed by atoms with E-state index in [1.807, 2.05) is 17.6 Å². The van der Waals surface area contributed by atoms with Gasteiger partial charge >= 0.3 is 0 Å². The van der Waals surface area contributed by atoms with Gasteiger partial charge in [0, 0.05) is 54.9 Å². The van der Waals surface area contributed by atoms with Gasteiger partial charge in [0.25, 0.3) is 5.91 Å². The highest BCUT2D eigenvalue weighted by Gasteiger charge is 2.38. The molecule has 0 radical (unpaired) electrons. The van der Waals surface area contributed by atoms with Crippen LogP contribution in [0.1, 0.15) is 66.7 Å². The number of hydrogen-bond acceptors (Lipinski definition) is 5. The minimum absolute atomic E-state index is 0.370. The van der Waals surface area contributed by atoms with Crippen LogP contribution >= 0.6 is 0 Å². The van der Waals surface area contributed by atoms with Crippen LogP contribution in [0.4, 0.5) is 8.78 Å². The Labute approximate surface area is 247 Å². The molecule has 1 aromatic heterocycles. The van der Waals surface area contributed by atoms with Crippen LogP contribution in [0.2, 0.25) is 0 Å². The number of benzene rings is 2. The number of likely N-dealkylation sites (tertiary alicyclic amines) is 2. The molecule has 7 nitrogen and oxygen atoms in total. The van der Waals surface area contributed by atoms with E-state index in [2.05, 4.69) is 50.8 Å². The Kier molecular flexibility index (Phi) is 9.08. The Morgan fingerprint density at radius 3 is 2.33 bits per heavy atom. The number of fused-ring (bicyclic) bond motifs is 1. The first-order chi connectivity index (χ1) is 20.0. The summed E-state index contributed by atoms with van der Waals surface area (Å²) in [5, 5.41) is 3.70. The van der Waals surface area contributed by atoms with Crippen molar-refractivity contribution in [3.8, 4) is 0 Å². The minimum Gasteiger partial charge on any atom is -0.344 e. The molecular formula is C33H43F2N5O2. The number of nitroso groups, excluding NO2 is 1. The number of para-hydroxylation sites is 1. The number of carbonyl (C=O) groups excluding carboxylic acids is 1. The van der Waals surface area contributed by atoms with E-state index >= 15 is 4.39 Å². The number of nitrogens with zero attached hydrogens (tertiary/aromatic N) is 4. The first-order valence-electron chi connectivity index (χ1n) is 15.1. The standard InChI is InChI=1S/C33H43F2N5O2/c1-24-29(20-25-8-10-27(11-9-25)31(41)36-37-42)28-6-4-5-7-30(28)40(24)21-26-12-16-38(17-13-26)23-33(35)14-18-39(19-15-33)22-32(2,3)34/h4-11,26H,12-23H2,1-3H3,(H,36,41,42). The molecule has 42 heavy (non-hydrogen) atoms. The highest BCUT2D eigenvalue weighted by Crippen LogP contribution is 2.33. The molecule has 0 aliphatic carbocycles. The van der Waals surface area contributed by atoms with Gasteiger partial charge in [-0.05, 0) is 101 Å². The van der Waals surface area contributed by atoms with Gasteiger partial charge in [0.05, 0.1) is 5.29 Å². The Hall–Kier alpha value is -3.17. The number of nitrogens with one attached hydrogen (secondary N) is 1. The van der Waals surface area contributed by atoms with Crippen LogP contribution in [-0.4, -0.2) is 70.9 Å². The molecule has 2 fully saturated rings. The molecule has 1 amide bonds. The third-order valence-electron chi connectivity index (χ3n) is 9.11. The minimum atomic E-state index is -1.25. The van der Waals surface area contributed by atoms with Crippen LogP contribution < -0.4 is 5.43 Å². The van der Waals surface area contributed by atoms with Crippen molar-refractivity contribution < 1.29 is 13.6 Å². The summed E-state index contributed by atoms with van der Waals surface area (Å²) < 4.78 is 32.2. The monoisotopic (exact) mass is 579 g/mol. The van der Waals surface area contributed by atoms with E-state index in [-0.39, 0.29) is 0 Å². The van der Waals surface area contributed by atoms with E-state index in [0.717, 1.165) is 44.5 Å². The molecule has 3 aromatic rings. The lowest BCUT2D eigenvalue weighted by atomic mass is 9.90. The number of aromatic nitrogens is 1. The van der Waals surface area contributed by atoms with E-state index in [0.29, 0.717) is 50.5 Å². The van der Waals surface area contributed by atoms with Crippen molar-refractivity contribution >= 4 is 16.8 Å². The molecule has 2 aliphatic heterocycles. The molecule has 3 heterocycles. The van der Waals surface area contributed by atoms with E-state index in [4.69, 9.17) is 0 Å². The molecule has 0 unspecified atom stereocenters. The summed E-state index contributed by atoms with van der Waals surface area (Å²) in [7, 11) is 0. The van der Waals surface area contributed by atoms with E-state index in [1.54, 1.807) is 26.0 Å². The lowest BCUT2D eigenvalue weighted by Gasteiger charge is -2.42. The highest BCUT2D eigenvalue weighted by molar-refractivity contribution is 5.94. The fourth-order valence-electron chi connectivity index (χ4n) is 6.83. The van der Waals surface area contributed by atoms with Crippen molar-refractivity contribution in [1.82, 2.24) is 19.8 Å². The Bertz CT molecular complexity index is 1380. The molecule has 0 atom stereocenters. The smallest absolute Gasteiger partial charge is 0.273 e. The van der Waals surface area contributed by atoms with Crippen molar-refractivity contribution in [3.05, 3.63) is 75.8 Å². The van der Waals surface area contributed by atoms with Gasteiger partial charge in [-0.3, -0.25) is 9.69 Å². The average molecular weight is 580 g/mol. The maximum atomic E-state index is 15.7. The van der Waals surface area contributed by atoms with Crippen molar-refractivity contribution in [3.63, 3.8) is 0 Å². The van der Waals surface area contributed by atoms with Crippen LogP contribution in [-0.2, 0) is 13.0 Å². The van der Waals surface area contributed by atoms with Crippen LogP contribution in [0.25, 0.3) is 10.9 Å². The number of carbonyl (C=O) groups is 1. The second kappa shape index (κ2) is 12.6. The van der Waals surface area contributed by atoms with Crippen molar-refractivity contribution in [1.29, 1.82) is 0 Å². The lowest BCUT2D eigenvalue weighted by Crippen LogP contribution is -2.51.